The van der Waals surface area contributed by atoms with Crippen molar-refractivity contribution in [1.82, 2.24) is 14.8 Å². The second kappa shape index (κ2) is 10.8. The van der Waals surface area contributed by atoms with Gasteiger partial charge in [0.25, 0.3) is 0 Å². The van der Waals surface area contributed by atoms with Crippen LogP contribution in [0.2, 0.25) is 5.02 Å². The Balaban J connectivity index is 1.59. The quantitative estimate of drug-likeness (QED) is 0.221. The molecule has 3 rings (SSSR count). The SMILES string of the molecule is C=CCn1c(CS(=O)(=O)c2ccc(C)cc2)nnc1SCCCOc1ccc(Cl)cc1. The average molecular weight is 478 g/mol. The molecule has 0 saturated heterocycles. The van der Waals surface area contributed by atoms with Crippen molar-refractivity contribution in [2.75, 3.05) is 12.4 Å². The third kappa shape index (κ3) is 6.59. The van der Waals surface area contributed by atoms with Gasteiger partial charge in [-0.15, -0.1) is 16.8 Å². The van der Waals surface area contributed by atoms with Gasteiger partial charge in [-0.05, 0) is 49.7 Å². The maximum atomic E-state index is 12.8. The van der Waals surface area contributed by atoms with E-state index in [1.54, 1.807) is 47.0 Å². The van der Waals surface area contributed by atoms with Crippen molar-refractivity contribution < 1.29 is 13.2 Å². The van der Waals surface area contributed by atoms with Gasteiger partial charge in [-0.3, -0.25) is 0 Å². The molecule has 0 aliphatic rings. The predicted octanol–water partition coefficient (Wildman–Crippen LogP) is 4.96. The minimum atomic E-state index is -3.52. The molecule has 0 radical (unpaired) electrons. The van der Waals surface area contributed by atoms with E-state index in [4.69, 9.17) is 16.3 Å². The molecule has 0 fully saturated rings. The lowest BCUT2D eigenvalue weighted by Gasteiger charge is -2.09. The summed E-state index contributed by atoms with van der Waals surface area (Å²) in [6.07, 6.45) is 2.50. The summed E-state index contributed by atoms with van der Waals surface area (Å²) in [5, 5.41) is 9.68. The number of aromatic nitrogens is 3. The van der Waals surface area contributed by atoms with Gasteiger partial charge in [-0.2, -0.15) is 0 Å². The van der Waals surface area contributed by atoms with Crippen molar-refractivity contribution in [3.63, 3.8) is 0 Å². The number of benzene rings is 2. The first kappa shape index (κ1) is 23.4. The van der Waals surface area contributed by atoms with E-state index in [1.165, 1.54) is 11.8 Å². The number of hydrogen-bond acceptors (Lipinski definition) is 6. The first-order chi connectivity index (χ1) is 14.9. The van der Waals surface area contributed by atoms with Crippen LogP contribution in [0.3, 0.4) is 0 Å². The molecule has 0 atom stereocenters. The first-order valence-corrected chi connectivity index (χ1v) is 12.7. The molecular formula is C22H24ClN3O3S2. The van der Waals surface area contributed by atoms with Crippen LogP contribution in [0.5, 0.6) is 5.75 Å². The molecule has 1 heterocycles. The molecule has 0 amide bonds. The lowest BCUT2D eigenvalue weighted by atomic mass is 10.2. The third-order valence-electron chi connectivity index (χ3n) is 4.41. The molecule has 164 valence electrons. The highest BCUT2D eigenvalue weighted by atomic mass is 35.5. The molecule has 0 saturated carbocycles. The van der Waals surface area contributed by atoms with Crippen molar-refractivity contribution in [2.24, 2.45) is 0 Å². The Morgan fingerprint density at radius 1 is 1.13 bits per heavy atom. The summed E-state index contributed by atoms with van der Waals surface area (Å²) < 4.78 is 33.1. The molecule has 2 aromatic carbocycles. The van der Waals surface area contributed by atoms with Crippen LogP contribution < -0.4 is 4.74 Å². The highest BCUT2D eigenvalue weighted by Gasteiger charge is 2.21. The highest BCUT2D eigenvalue weighted by molar-refractivity contribution is 7.99. The molecular weight excluding hydrogens is 454 g/mol. The van der Waals surface area contributed by atoms with Crippen molar-refractivity contribution in [3.8, 4) is 5.75 Å². The van der Waals surface area contributed by atoms with E-state index in [1.807, 2.05) is 19.1 Å². The smallest absolute Gasteiger partial charge is 0.191 e. The Morgan fingerprint density at radius 2 is 1.84 bits per heavy atom. The van der Waals surface area contributed by atoms with Gasteiger partial charge in [0, 0.05) is 17.3 Å². The predicted molar refractivity (Wildman–Crippen MR) is 125 cm³/mol. The number of allylic oxidation sites excluding steroid dienone is 1. The van der Waals surface area contributed by atoms with E-state index in [-0.39, 0.29) is 10.6 Å². The van der Waals surface area contributed by atoms with Gasteiger partial charge in [-0.1, -0.05) is 47.1 Å². The number of ether oxygens (including phenoxy) is 1. The van der Waals surface area contributed by atoms with Crippen LogP contribution in [0.4, 0.5) is 0 Å². The summed E-state index contributed by atoms with van der Waals surface area (Å²) >= 11 is 7.38. The zero-order chi connectivity index (χ0) is 22.3. The monoisotopic (exact) mass is 477 g/mol. The highest BCUT2D eigenvalue weighted by Crippen LogP contribution is 2.22. The second-order valence-electron chi connectivity index (χ2n) is 6.87. The molecule has 0 unspecified atom stereocenters. The molecule has 0 aliphatic carbocycles. The number of sulfone groups is 1. The number of nitrogens with zero attached hydrogens (tertiary/aromatic N) is 3. The standard InChI is InChI=1S/C22H24ClN3O3S2/c1-3-13-26-21(16-31(27,28)20-11-5-17(2)6-12-20)24-25-22(26)30-15-4-14-29-19-9-7-18(23)8-10-19/h3,5-12H,1,4,13-16H2,2H3. The molecule has 0 N–H and O–H groups in total. The Kier molecular flexibility index (Phi) is 8.17. The van der Waals surface area contributed by atoms with Crippen molar-refractivity contribution >= 4 is 33.2 Å². The van der Waals surface area contributed by atoms with Crippen LogP contribution >= 0.6 is 23.4 Å². The maximum Gasteiger partial charge on any atom is 0.191 e. The van der Waals surface area contributed by atoms with Gasteiger partial charge in [0.2, 0.25) is 0 Å². The Bertz CT molecular complexity index is 1110. The molecule has 0 bridgehead atoms. The van der Waals surface area contributed by atoms with Crippen LogP contribution in [-0.2, 0) is 22.1 Å². The largest absolute Gasteiger partial charge is 0.494 e. The van der Waals surface area contributed by atoms with Crippen LogP contribution in [0.15, 0.2) is 71.2 Å². The lowest BCUT2D eigenvalue weighted by molar-refractivity contribution is 0.318. The molecule has 6 nitrogen and oxygen atoms in total. The van der Waals surface area contributed by atoms with Crippen LogP contribution in [0.25, 0.3) is 0 Å². The van der Waals surface area contributed by atoms with Gasteiger partial charge in [0.05, 0.1) is 11.5 Å². The van der Waals surface area contributed by atoms with Crippen LogP contribution in [-0.4, -0.2) is 35.5 Å². The second-order valence-corrected chi connectivity index (χ2v) is 10.4. The van der Waals surface area contributed by atoms with Gasteiger partial charge < -0.3 is 9.30 Å². The summed E-state index contributed by atoms with van der Waals surface area (Å²) in [6.45, 7) is 6.68. The summed E-state index contributed by atoms with van der Waals surface area (Å²) in [5.74, 6) is 1.72. The van der Waals surface area contributed by atoms with E-state index in [2.05, 4.69) is 16.8 Å². The molecule has 31 heavy (non-hydrogen) atoms. The van der Waals surface area contributed by atoms with Gasteiger partial charge in [-0.25, -0.2) is 8.42 Å². The lowest BCUT2D eigenvalue weighted by Crippen LogP contribution is -2.11. The molecule has 9 heteroatoms. The number of thioether (sulfide) groups is 1. The fraction of sp³-hybridized carbons (Fsp3) is 0.273. The van der Waals surface area contributed by atoms with E-state index in [0.29, 0.717) is 29.2 Å². The zero-order valence-corrected chi connectivity index (χ0v) is 19.6. The van der Waals surface area contributed by atoms with Gasteiger partial charge in [0.1, 0.15) is 17.3 Å². The fourth-order valence-corrected chi connectivity index (χ4v) is 5.06. The van der Waals surface area contributed by atoms with Crippen LogP contribution in [0, 0.1) is 6.92 Å². The van der Waals surface area contributed by atoms with Crippen LogP contribution in [0.1, 0.15) is 17.8 Å². The molecule has 0 spiro atoms. The fourth-order valence-electron chi connectivity index (χ4n) is 2.79. The minimum absolute atomic E-state index is 0.211. The summed E-state index contributed by atoms with van der Waals surface area (Å²) in [7, 11) is -3.52. The number of aryl methyl sites for hydroxylation is 1. The average Bonchev–Trinajstić information content (AvgIpc) is 3.10. The maximum absolute atomic E-state index is 12.8. The number of halogens is 1. The van der Waals surface area contributed by atoms with Gasteiger partial charge >= 0.3 is 0 Å². The van der Waals surface area contributed by atoms with E-state index in [0.717, 1.165) is 23.5 Å². The van der Waals surface area contributed by atoms with E-state index in [9.17, 15) is 8.42 Å². The van der Waals surface area contributed by atoms with Crippen molar-refractivity contribution in [1.29, 1.82) is 0 Å². The minimum Gasteiger partial charge on any atom is -0.494 e. The topological polar surface area (TPSA) is 74.1 Å². The molecule has 1 aromatic heterocycles. The van der Waals surface area contributed by atoms with E-state index >= 15 is 0 Å². The first-order valence-electron chi connectivity index (χ1n) is 9.72. The van der Waals surface area contributed by atoms with Crippen molar-refractivity contribution in [3.05, 3.63) is 77.6 Å². The number of rotatable bonds is 11. The zero-order valence-electron chi connectivity index (χ0n) is 17.2. The normalized spacial score (nSPS) is 11.4. The van der Waals surface area contributed by atoms with E-state index < -0.39 is 9.84 Å². The Labute approximate surface area is 192 Å². The third-order valence-corrected chi connectivity index (χ3v) is 7.34. The molecule has 3 aromatic rings. The Morgan fingerprint density at radius 3 is 2.52 bits per heavy atom. The summed E-state index contributed by atoms with van der Waals surface area (Å²) in [6, 6.07) is 14.0. The number of hydrogen-bond donors (Lipinski definition) is 0. The summed E-state index contributed by atoms with van der Waals surface area (Å²) in [5.41, 5.74) is 1.01. The van der Waals surface area contributed by atoms with Crippen molar-refractivity contribution in [2.45, 2.75) is 35.7 Å². The van der Waals surface area contributed by atoms with Gasteiger partial charge in [0.15, 0.2) is 15.0 Å². The summed E-state index contributed by atoms with van der Waals surface area (Å²) in [4.78, 5) is 0.278. The molecule has 0 aliphatic heterocycles. The Hall–Kier alpha value is -2.29.